The third kappa shape index (κ3) is 1.80. The van der Waals surface area contributed by atoms with E-state index in [-0.39, 0.29) is 5.91 Å². The van der Waals surface area contributed by atoms with Crippen molar-refractivity contribution in [1.82, 2.24) is 20.2 Å². The molecule has 3 heterocycles. The molecule has 0 saturated carbocycles. The number of rotatable bonds is 2. The fourth-order valence-electron chi connectivity index (χ4n) is 1.65. The summed E-state index contributed by atoms with van der Waals surface area (Å²) in [4.78, 5) is 20.0. The Bertz CT molecular complexity index is 692. The number of aromatic nitrogens is 4. The van der Waals surface area contributed by atoms with E-state index in [1.165, 1.54) is 6.20 Å². The van der Waals surface area contributed by atoms with Crippen molar-refractivity contribution in [3.05, 3.63) is 48.5 Å². The maximum atomic E-state index is 12.0. The minimum absolute atomic E-state index is 0.211. The topological polar surface area (TPSA) is 83.6 Å². The number of fused-ring (bicyclic) bond motifs is 1. The molecule has 3 rings (SSSR count). The average Bonchev–Trinajstić information content (AvgIpc) is 2.89. The Labute approximate surface area is 102 Å². The molecule has 0 spiro atoms. The molecular formula is C12H9N5O. The van der Waals surface area contributed by atoms with Gasteiger partial charge in [0, 0.05) is 18.6 Å². The minimum atomic E-state index is -0.211. The van der Waals surface area contributed by atoms with E-state index in [4.69, 9.17) is 0 Å². The molecule has 88 valence electrons. The average molecular weight is 239 g/mol. The highest BCUT2D eigenvalue weighted by molar-refractivity contribution is 6.07. The molecule has 0 radical (unpaired) electrons. The number of hydrogen-bond acceptors (Lipinski definition) is 4. The number of nitrogens with one attached hydrogen (secondary N) is 2. The number of nitrogens with zero attached hydrogens (tertiary/aromatic N) is 3. The van der Waals surface area contributed by atoms with Gasteiger partial charge in [0.1, 0.15) is 0 Å². The van der Waals surface area contributed by atoms with Crippen LogP contribution < -0.4 is 5.32 Å². The highest BCUT2D eigenvalue weighted by Gasteiger charge is 2.09. The van der Waals surface area contributed by atoms with Crippen LogP contribution in [-0.4, -0.2) is 26.1 Å². The molecule has 0 fully saturated rings. The first-order valence-electron chi connectivity index (χ1n) is 5.34. The van der Waals surface area contributed by atoms with Crippen molar-refractivity contribution in [2.75, 3.05) is 5.32 Å². The molecular weight excluding hydrogens is 230 g/mol. The Morgan fingerprint density at radius 1 is 1.22 bits per heavy atom. The predicted molar refractivity (Wildman–Crippen MR) is 66.1 cm³/mol. The Balaban J connectivity index is 1.93. The zero-order valence-electron chi connectivity index (χ0n) is 9.29. The molecule has 3 aromatic heterocycles. The minimum Gasteiger partial charge on any atom is -0.321 e. The summed E-state index contributed by atoms with van der Waals surface area (Å²) in [6.45, 7) is 0. The Hall–Kier alpha value is -2.76. The van der Waals surface area contributed by atoms with Crippen molar-refractivity contribution < 1.29 is 4.79 Å². The van der Waals surface area contributed by atoms with Gasteiger partial charge in [-0.3, -0.25) is 14.9 Å². The van der Waals surface area contributed by atoms with Crippen LogP contribution in [0.1, 0.15) is 10.4 Å². The molecule has 0 atom stereocenters. The number of amides is 1. The molecule has 0 unspecified atom stereocenters. The van der Waals surface area contributed by atoms with E-state index in [1.54, 1.807) is 36.8 Å². The number of carbonyl (C=O) groups is 1. The monoisotopic (exact) mass is 239 g/mol. The van der Waals surface area contributed by atoms with Crippen LogP contribution >= 0.6 is 0 Å². The van der Waals surface area contributed by atoms with Crippen LogP contribution in [0.2, 0.25) is 0 Å². The predicted octanol–water partition coefficient (Wildman–Crippen LogP) is 1.61. The van der Waals surface area contributed by atoms with Gasteiger partial charge in [-0.1, -0.05) is 0 Å². The van der Waals surface area contributed by atoms with Gasteiger partial charge in [-0.25, -0.2) is 4.98 Å². The van der Waals surface area contributed by atoms with E-state index in [0.717, 1.165) is 5.39 Å². The molecule has 2 N–H and O–H groups in total. The molecule has 18 heavy (non-hydrogen) atoms. The van der Waals surface area contributed by atoms with Gasteiger partial charge in [-0.05, 0) is 18.2 Å². The van der Waals surface area contributed by atoms with Gasteiger partial charge in [0.25, 0.3) is 5.91 Å². The Kier molecular flexibility index (Phi) is 2.45. The van der Waals surface area contributed by atoms with Crippen LogP contribution in [0, 0.1) is 0 Å². The lowest BCUT2D eigenvalue weighted by molar-refractivity contribution is 0.102. The van der Waals surface area contributed by atoms with Crippen LogP contribution in [0.15, 0.2) is 43.0 Å². The highest BCUT2D eigenvalue weighted by Crippen LogP contribution is 2.19. The van der Waals surface area contributed by atoms with Gasteiger partial charge in [-0.2, -0.15) is 5.10 Å². The quantitative estimate of drug-likeness (QED) is 0.711. The molecule has 0 aliphatic rings. The second-order valence-electron chi connectivity index (χ2n) is 3.69. The first-order valence-corrected chi connectivity index (χ1v) is 5.34. The van der Waals surface area contributed by atoms with Crippen LogP contribution in [0.5, 0.6) is 0 Å². The molecule has 6 nitrogen and oxygen atoms in total. The number of anilines is 1. The van der Waals surface area contributed by atoms with Crippen molar-refractivity contribution in [1.29, 1.82) is 0 Å². The zero-order chi connectivity index (χ0) is 12.4. The maximum absolute atomic E-state index is 12.0. The Morgan fingerprint density at radius 3 is 3.00 bits per heavy atom. The van der Waals surface area contributed by atoms with E-state index in [0.29, 0.717) is 16.9 Å². The maximum Gasteiger partial charge on any atom is 0.257 e. The summed E-state index contributed by atoms with van der Waals surface area (Å²) >= 11 is 0. The fourth-order valence-corrected chi connectivity index (χ4v) is 1.65. The second kappa shape index (κ2) is 4.25. The number of aromatic amines is 1. The first kappa shape index (κ1) is 10.4. The van der Waals surface area contributed by atoms with Gasteiger partial charge < -0.3 is 5.32 Å². The third-order valence-electron chi connectivity index (χ3n) is 2.53. The van der Waals surface area contributed by atoms with Crippen molar-refractivity contribution in [3.63, 3.8) is 0 Å². The van der Waals surface area contributed by atoms with Gasteiger partial charge in [-0.15, -0.1) is 0 Å². The first-order chi connectivity index (χ1) is 8.84. The van der Waals surface area contributed by atoms with Crippen LogP contribution in [-0.2, 0) is 0 Å². The molecule has 0 bridgehead atoms. The number of hydrogen-bond donors (Lipinski definition) is 2. The smallest absolute Gasteiger partial charge is 0.257 e. The molecule has 0 aromatic carbocycles. The summed E-state index contributed by atoms with van der Waals surface area (Å²) < 4.78 is 0. The summed E-state index contributed by atoms with van der Waals surface area (Å²) in [5.74, 6) is -0.211. The van der Waals surface area contributed by atoms with Gasteiger partial charge in [0.2, 0.25) is 0 Å². The van der Waals surface area contributed by atoms with Crippen molar-refractivity contribution in [2.24, 2.45) is 0 Å². The lowest BCUT2D eigenvalue weighted by atomic mass is 10.2. The molecule has 0 aliphatic carbocycles. The lowest BCUT2D eigenvalue weighted by Crippen LogP contribution is -2.12. The number of H-pyrrole nitrogens is 1. The lowest BCUT2D eigenvalue weighted by Gasteiger charge is -2.05. The third-order valence-corrected chi connectivity index (χ3v) is 2.53. The van der Waals surface area contributed by atoms with Crippen LogP contribution in [0.25, 0.3) is 11.0 Å². The van der Waals surface area contributed by atoms with Crippen molar-refractivity contribution >= 4 is 22.6 Å². The summed E-state index contributed by atoms with van der Waals surface area (Å²) in [7, 11) is 0. The normalized spacial score (nSPS) is 10.4. The summed E-state index contributed by atoms with van der Waals surface area (Å²) in [6.07, 6.45) is 6.38. The summed E-state index contributed by atoms with van der Waals surface area (Å²) in [5.41, 5.74) is 1.81. The van der Waals surface area contributed by atoms with E-state index >= 15 is 0 Å². The molecule has 3 aromatic rings. The standard InChI is InChI=1S/C12H9N5O/c18-12(8-2-1-4-13-6-8)16-10-3-5-14-11-9(10)7-15-17-11/h1-7H,(H2,14,15,16,17,18). The van der Waals surface area contributed by atoms with Crippen LogP contribution in [0.4, 0.5) is 5.69 Å². The van der Waals surface area contributed by atoms with Gasteiger partial charge in [0.05, 0.1) is 22.8 Å². The molecule has 0 saturated heterocycles. The highest BCUT2D eigenvalue weighted by atomic mass is 16.1. The van der Waals surface area contributed by atoms with Gasteiger partial charge >= 0.3 is 0 Å². The molecule has 6 heteroatoms. The van der Waals surface area contributed by atoms with Gasteiger partial charge in [0.15, 0.2) is 5.65 Å². The van der Waals surface area contributed by atoms with E-state index in [2.05, 4.69) is 25.5 Å². The largest absolute Gasteiger partial charge is 0.321 e. The van der Waals surface area contributed by atoms with E-state index in [9.17, 15) is 4.79 Å². The fraction of sp³-hybridized carbons (Fsp3) is 0. The number of carbonyl (C=O) groups excluding carboxylic acids is 1. The van der Waals surface area contributed by atoms with Crippen molar-refractivity contribution in [3.8, 4) is 0 Å². The van der Waals surface area contributed by atoms with Crippen molar-refractivity contribution in [2.45, 2.75) is 0 Å². The SMILES string of the molecule is O=C(Nc1ccnc2[nH]ncc12)c1cccnc1. The summed E-state index contributed by atoms with van der Waals surface area (Å²) in [6, 6.07) is 5.15. The van der Waals surface area contributed by atoms with E-state index in [1.807, 2.05) is 0 Å². The van der Waals surface area contributed by atoms with Crippen LogP contribution in [0.3, 0.4) is 0 Å². The molecule has 1 amide bonds. The Morgan fingerprint density at radius 2 is 2.17 bits per heavy atom. The second-order valence-corrected chi connectivity index (χ2v) is 3.69. The van der Waals surface area contributed by atoms with E-state index < -0.39 is 0 Å². The summed E-state index contributed by atoms with van der Waals surface area (Å²) in [5, 5.41) is 10.2. The molecule has 0 aliphatic heterocycles. The number of pyridine rings is 2. The zero-order valence-corrected chi connectivity index (χ0v) is 9.29.